The van der Waals surface area contributed by atoms with E-state index in [1.165, 1.54) is 6.08 Å². The Morgan fingerprint density at radius 1 is 0.914 bits per heavy atom. The number of amides is 2. The Hall–Kier alpha value is -4.10. The molecule has 3 aromatic carbocycles. The molecule has 0 aliphatic heterocycles. The summed E-state index contributed by atoms with van der Waals surface area (Å²) in [6.45, 7) is 0.388. The maximum absolute atomic E-state index is 13.0. The van der Waals surface area contributed by atoms with Crippen LogP contribution in [0.2, 0.25) is 0 Å². The summed E-state index contributed by atoms with van der Waals surface area (Å²) in [5.74, 6) is 0.907. The molecule has 1 atom stereocenters. The molecule has 7 heteroatoms. The van der Waals surface area contributed by atoms with Crippen molar-refractivity contribution in [2.24, 2.45) is 0 Å². The number of likely N-dealkylation sites (N-methyl/N-ethyl adjacent to an activating group) is 1. The molecule has 0 saturated carbocycles. The number of para-hydroxylation sites is 1. The lowest BCUT2D eigenvalue weighted by molar-refractivity contribution is -0.111. The van der Waals surface area contributed by atoms with Gasteiger partial charge in [-0.25, -0.2) is 0 Å². The second-order valence-electron chi connectivity index (χ2n) is 8.11. The number of methoxy groups -OCH3 is 2. The molecule has 182 valence electrons. The Morgan fingerprint density at radius 3 is 2.31 bits per heavy atom. The highest BCUT2D eigenvalue weighted by atomic mass is 16.5. The molecular weight excluding hydrogens is 442 g/mol. The van der Waals surface area contributed by atoms with E-state index >= 15 is 0 Å². The van der Waals surface area contributed by atoms with Crippen molar-refractivity contribution in [2.45, 2.75) is 6.04 Å². The maximum Gasteiger partial charge on any atom is 0.253 e. The first-order valence-electron chi connectivity index (χ1n) is 11.2. The molecule has 0 spiro atoms. The Balaban J connectivity index is 1.67. The summed E-state index contributed by atoms with van der Waals surface area (Å²) in [5.41, 5.74) is 2.72. The molecule has 0 aliphatic carbocycles. The standard InChI is InChI=1S/C28H31N3O4/c1-31(2)26(21-8-7-9-23(18-21)35-4)19-29-28(33)24-10-5-6-11-25(24)30-27(32)17-14-20-12-15-22(34-3)16-13-20/h5-18,26H,19H2,1-4H3,(H,29,33)(H,30,32). The lowest BCUT2D eigenvalue weighted by Gasteiger charge is -2.25. The molecule has 0 radical (unpaired) electrons. The first kappa shape index (κ1) is 25.5. The number of rotatable bonds is 10. The van der Waals surface area contributed by atoms with Crippen LogP contribution in [-0.4, -0.2) is 51.6 Å². The second-order valence-corrected chi connectivity index (χ2v) is 8.11. The van der Waals surface area contributed by atoms with Crippen molar-refractivity contribution in [3.05, 3.63) is 95.6 Å². The normalized spacial score (nSPS) is 11.8. The van der Waals surface area contributed by atoms with Gasteiger partial charge in [0.1, 0.15) is 11.5 Å². The summed E-state index contributed by atoms with van der Waals surface area (Å²) >= 11 is 0. The van der Waals surface area contributed by atoms with Gasteiger partial charge in [-0.1, -0.05) is 36.4 Å². The van der Waals surface area contributed by atoms with Crippen LogP contribution in [0.15, 0.2) is 78.9 Å². The van der Waals surface area contributed by atoms with Crippen LogP contribution in [0.5, 0.6) is 11.5 Å². The molecule has 0 saturated heterocycles. The van der Waals surface area contributed by atoms with Crippen molar-refractivity contribution in [3.8, 4) is 11.5 Å². The smallest absolute Gasteiger partial charge is 0.253 e. The molecule has 0 bridgehead atoms. The minimum Gasteiger partial charge on any atom is -0.497 e. The topological polar surface area (TPSA) is 79.9 Å². The van der Waals surface area contributed by atoms with Crippen LogP contribution in [-0.2, 0) is 4.79 Å². The third-order valence-corrected chi connectivity index (χ3v) is 5.53. The van der Waals surface area contributed by atoms with Gasteiger partial charge in [0.05, 0.1) is 31.5 Å². The predicted molar refractivity (Wildman–Crippen MR) is 139 cm³/mol. The minimum absolute atomic E-state index is 0.0526. The van der Waals surface area contributed by atoms with Gasteiger partial charge in [-0.3, -0.25) is 9.59 Å². The zero-order chi connectivity index (χ0) is 25.2. The number of carbonyl (C=O) groups excluding carboxylic acids is 2. The summed E-state index contributed by atoms with van der Waals surface area (Å²) in [5, 5.41) is 5.80. The zero-order valence-electron chi connectivity index (χ0n) is 20.4. The molecule has 1 unspecified atom stereocenters. The van der Waals surface area contributed by atoms with Gasteiger partial charge in [0.25, 0.3) is 5.91 Å². The fourth-order valence-corrected chi connectivity index (χ4v) is 3.58. The fraction of sp³-hybridized carbons (Fsp3) is 0.214. The van der Waals surface area contributed by atoms with Crippen LogP contribution in [0.4, 0.5) is 5.69 Å². The Kier molecular flexibility index (Phi) is 9.03. The lowest BCUT2D eigenvalue weighted by atomic mass is 10.1. The van der Waals surface area contributed by atoms with Crippen LogP contribution in [0.1, 0.15) is 27.5 Å². The van der Waals surface area contributed by atoms with E-state index in [2.05, 4.69) is 10.6 Å². The summed E-state index contributed by atoms with van der Waals surface area (Å²) in [6, 6.07) is 22.0. The van der Waals surface area contributed by atoms with Gasteiger partial charge in [-0.15, -0.1) is 0 Å². The van der Waals surface area contributed by atoms with E-state index in [1.54, 1.807) is 44.6 Å². The summed E-state index contributed by atoms with van der Waals surface area (Å²) in [4.78, 5) is 27.6. The summed E-state index contributed by atoms with van der Waals surface area (Å²) < 4.78 is 10.5. The Morgan fingerprint density at radius 2 is 1.63 bits per heavy atom. The molecule has 3 rings (SSSR count). The summed E-state index contributed by atoms with van der Waals surface area (Å²) in [6.07, 6.45) is 3.13. The van der Waals surface area contributed by atoms with E-state index in [1.807, 2.05) is 67.5 Å². The van der Waals surface area contributed by atoms with Gasteiger partial charge in [0.15, 0.2) is 0 Å². The van der Waals surface area contributed by atoms with Gasteiger partial charge in [-0.2, -0.15) is 0 Å². The number of anilines is 1. The highest BCUT2D eigenvalue weighted by Crippen LogP contribution is 2.23. The molecule has 0 heterocycles. The SMILES string of the molecule is COc1ccc(C=CC(=O)Nc2ccccc2C(=O)NCC(c2cccc(OC)c2)N(C)C)cc1. The number of hydrogen-bond donors (Lipinski definition) is 2. The number of nitrogens with one attached hydrogen (secondary N) is 2. The third-order valence-electron chi connectivity index (χ3n) is 5.53. The lowest BCUT2D eigenvalue weighted by Crippen LogP contribution is -2.35. The zero-order valence-corrected chi connectivity index (χ0v) is 20.4. The van der Waals surface area contributed by atoms with E-state index in [9.17, 15) is 9.59 Å². The molecule has 7 nitrogen and oxygen atoms in total. The molecule has 0 fully saturated rings. The number of carbonyl (C=O) groups is 2. The minimum atomic E-state index is -0.330. The average Bonchev–Trinajstić information content (AvgIpc) is 2.88. The van der Waals surface area contributed by atoms with Crippen molar-refractivity contribution < 1.29 is 19.1 Å². The van der Waals surface area contributed by atoms with Crippen molar-refractivity contribution in [1.29, 1.82) is 0 Å². The van der Waals surface area contributed by atoms with Crippen molar-refractivity contribution >= 4 is 23.6 Å². The van der Waals surface area contributed by atoms with Gasteiger partial charge in [0.2, 0.25) is 5.91 Å². The van der Waals surface area contributed by atoms with E-state index in [0.29, 0.717) is 17.8 Å². The Bertz CT molecular complexity index is 1170. The fourth-order valence-electron chi connectivity index (χ4n) is 3.58. The number of ether oxygens (including phenoxy) is 2. The molecule has 0 aliphatic rings. The largest absolute Gasteiger partial charge is 0.497 e. The average molecular weight is 474 g/mol. The predicted octanol–water partition coefficient (Wildman–Crippen LogP) is 4.39. The maximum atomic E-state index is 13.0. The molecule has 0 aromatic heterocycles. The Labute approximate surface area is 206 Å². The molecular formula is C28H31N3O4. The van der Waals surface area contributed by atoms with Gasteiger partial charge in [0, 0.05) is 12.6 Å². The quantitative estimate of drug-likeness (QED) is 0.427. The van der Waals surface area contributed by atoms with Crippen LogP contribution >= 0.6 is 0 Å². The second kappa shape index (κ2) is 12.4. The number of hydrogen-bond acceptors (Lipinski definition) is 5. The van der Waals surface area contributed by atoms with Crippen LogP contribution in [0.25, 0.3) is 6.08 Å². The monoisotopic (exact) mass is 473 g/mol. The first-order chi connectivity index (χ1) is 16.9. The van der Waals surface area contributed by atoms with E-state index in [0.717, 1.165) is 22.6 Å². The van der Waals surface area contributed by atoms with Gasteiger partial charge < -0.3 is 25.0 Å². The highest BCUT2D eigenvalue weighted by molar-refractivity contribution is 6.07. The van der Waals surface area contributed by atoms with Crippen LogP contribution < -0.4 is 20.1 Å². The molecule has 2 amide bonds. The van der Waals surface area contributed by atoms with E-state index < -0.39 is 0 Å². The third kappa shape index (κ3) is 7.19. The molecule has 35 heavy (non-hydrogen) atoms. The first-order valence-corrected chi connectivity index (χ1v) is 11.2. The van der Waals surface area contributed by atoms with Gasteiger partial charge in [-0.05, 0) is 67.7 Å². The van der Waals surface area contributed by atoms with E-state index in [-0.39, 0.29) is 17.9 Å². The molecule has 2 N–H and O–H groups in total. The van der Waals surface area contributed by atoms with Crippen molar-refractivity contribution in [2.75, 3.05) is 40.2 Å². The molecule has 3 aromatic rings. The van der Waals surface area contributed by atoms with Gasteiger partial charge >= 0.3 is 0 Å². The number of benzene rings is 3. The van der Waals surface area contributed by atoms with Crippen LogP contribution in [0, 0.1) is 0 Å². The highest BCUT2D eigenvalue weighted by Gasteiger charge is 2.18. The van der Waals surface area contributed by atoms with Crippen LogP contribution in [0.3, 0.4) is 0 Å². The number of nitrogens with zero attached hydrogens (tertiary/aromatic N) is 1. The van der Waals surface area contributed by atoms with E-state index in [4.69, 9.17) is 9.47 Å². The van der Waals surface area contributed by atoms with Crippen molar-refractivity contribution in [1.82, 2.24) is 10.2 Å². The summed E-state index contributed by atoms with van der Waals surface area (Å²) in [7, 11) is 7.15. The van der Waals surface area contributed by atoms with Crippen molar-refractivity contribution in [3.63, 3.8) is 0 Å².